The molecule has 1 aromatic rings. The zero-order chi connectivity index (χ0) is 14.6. The third-order valence-corrected chi connectivity index (χ3v) is 4.30. The number of ether oxygens (including phenoxy) is 1. The standard InChI is InChI=1S/C16H24N2O2/c1-16(2)13(9-14(16)20-3)17-11-15(19)18-10-12-7-5-4-6-8-12/h4-8,13-14,17H,9-11H2,1-3H3,(H,18,19). The maximum Gasteiger partial charge on any atom is 0.234 e. The van der Waals surface area contributed by atoms with E-state index in [-0.39, 0.29) is 17.4 Å². The van der Waals surface area contributed by atoms with Crippen molar-refractivity contribution in [2.75, 3.05) is 13.7 Å². The van der Waals surface area contributed by atoms with Crippen LogP contribution >= 0.6 is 0 Å². The van der Waals surface area contributed by atoms with E-state index in [4.69, 9.17) is 4.74 Å². The zero-order valence-corrected chi connectivity index (χ0v) is 12.5. The molecule has 0 heterocycles. The van der Waals surface area contributed by atoms with Crippen LogP contribution in [0.3, 0.4) is 0 Å². The Bertz CT molecular complexity index is 445. The first-order chi connectivity index (χ1) is 9.54. The highest BCUT2D eigenvalue weighted by Gasteiger charge is 2.48. The summed E-state index contributed by atoms with van der Waals surface area (Å²) in [6.45, 7) is 5.28. The van der Waals surface area contributed by atoms with E-state index in [1.807, 2.05) is 30.3 Å². The van der Waals surface area contributed by atoms with E-state index in [1.165, 1.54) is 0 Å². The number of benzene rings is 1. The van der Waals surface area contributed by atoms with Crippen molar-refractivity contribution in [2.45, 2.75) is 39.0 Å². The van der Waals surface area contributed by atoms with Crippen LogP contribution in [-0.4, -0.2) is 31.7 Å². The Morgan fingerprint density at radius 1 is 1.35 bits per heavy atom. The van der Waals surface area contributed by atoms with Gasteiger partial charge < -0.3 is 15.4 Å². The lowest BCUT2D eigenvalue weighted by Gasteiger charge is -2.51. The van der Waals surface area contributed by atoms with Crippen molar-refractivity contribution in [3.05, 3.63) is 35.9 Å². The van der Waals surface area contributed by atoms with Crippen molar-refractivity contribution in [1.82, 2.24) is 10.6 Å². The third-order valence-electron chi connectivity index (χ3n) is 4.30. The van der Waals surface area contributed by atoms with Crippen LogP contribution in [0.5, 0.6) is 0 Å². The van der Waals surface area contributed by atoms with Crippen LogP contribution in [0.1, 0.15) is 25.8 Å². The smallest absolute Gasteiger partial charge is 0.234 e. The first-order valence-corrected chi connectivity index (χ1v) is 7.11. The second-order valence-corrected chi connectivity index (χ2v) is 5.98. The molecular weight excluding hydrogens is 252 g/mol. The van der Waals surface area contributed by atoms with Gasteiger partial charge in [-0.05, 0) is 12.0 Å². The number of carbonyl (C=O) groups excluding carboxylic acids is 1. The van der Waals surface area contributed by atoms with Gasteiger partial charge in [-0.3, -0.25) is 4.79 Å². The van der Waals surface area contributed by atoms with Crippen LogP contribution in [0.15, 0.2) is 30.3 Å². The van der Waals surface area contributed by atoms with Gasteiger partial charge in [-0.25, -0.2) is 0 Å². The number of nitrogens with one attached hydrogen (secondary N) is 2. The largest absolute Gasteiger partial charge is 0.381 e. The lowest BCUT2D eigenvalue weighted by atomic mass is 9.64. The summed E-state index contributed by atoms with van der Waals surface area (Å²) in [5.41, 5.74) is 1.21. The molecule has 2 rings (SSSR count). The number of carbonyl (C=O) groups is 1. The summed E-state index contributed by atoms with van der Waals surface area (Å²) in [5, 5.41) is 6.24. The summed E-state index contributed by atoms with van der Waals surface area (Å²) < 4.78 is 5.40. The highest BCUT2D eigenvalue weighted by molar-refractivity contribution is 5.78. The first kappa shape index (κ1) is 15.0. The van der Waals surface area contributed by atoms with Crippen molar-refractivity contribution in [2.24, 2.45) is 5.41 Å². The average Bonchev–Trinajstić information content (AvgIpc) is 2.45. The summed E-state index contributed by atoms with van der Waals surface area (Å²) >= 11 is 0. The van der Waals surface area contributed by atoms with Crippen LogP contribution in [0.2, 0.25) is 0 Å². The molecule has 1 aromatic carbocycles. The van der Waals surface area contributed by atoms with E-state index >= 15 is 0 Å². The fraction of sp³-hybridized carbons (Fsp3) is 0.562. The Kier molecular flexibility index (Phi) is 4.78. The molecule has 4 heteroatoms. The summed E-state index contributed by atoms with van der Waals surface area (Å²) in [7, 11) is 1.75. The van der Waals surface area contributed by atoms with Crippen molar-refractivity contribution in [3.63, 3.8) is 0 Å². The predicted molar refractivity (Wildman–Crippen MR) is 79.3 cm³/mol. The molecular formula is C16H24N2O2. The van der Waals surface area contributed by atoms with Gasteiger partial charge in [0.15, 0.2) is 0 Å². The minimum atomic E-state index is 0.0329. The minimum absolute atomic E-state index is 0.0329. The number of methoxy groups -OCH3 is 1. The predicted octanol–water partition coefficient (Wildman–Crippen LogP) is 1.71. The van der Waals surface area contributed by atoms with E-state index in [0.717, 1.165) is 12.0 Å². The second kappa shape index (κ2) is 6.37. The van der Waals surface area contributed by atoms with Crippen LogP contribution in [-0.2, 0) is 16.1 Å². The van der Waals surface area contributed by atoms with E-state index in [0.29, 0.717) is 19.1 Å². The maximum absolute atomic E-state index is 11.8. The topological polar surface area (TPSA) is 50.4 Å². The summed E-state index contributed by atoms with van der Waals surface area (Å²) in [6, 6.07) is 10.3. The molecule has 0 spiro atoms. The van der Waals surface area contributed by atoms with Crippen molar-refractivity contribution >= 4 is 5.91 Å². The normalized spacial score (nSPS) is 23.9. The van der Waals surface area contributed by atoms with Gasteiger partial charge in [0.2, 0.25) is 5.91 Å². The lowest BCUT2D eigenvalue weighted by molar-refractivity contribution is -0.123. The summed E-state index contributed by atoms with van der Waals surface area (Å²) in [4.78, 5) is 11.8. The number of hydrogen-bond acceptors (Lipinski definition) is 3. The summed E-state index contributed by atoms with van der Waals surface area (Å²) in [5.74, 6) is 0.0329. The SMILES string of the molecule is COC1CC(NCC(=O)NCc2ccccc2)C1(C)C. The van der Waals surface area contributed by atoms with Crippen LogP contribution in [0.4, 0.5) is 0 Å². The molecule has 0 aliphatic heterocycles. The highest BCUT2D eigenvalue weighted by Crippen LogP contribution is 2.42. The van der Waals surface area contributed by atoms with Gasteiger partial charge in [-0.1, -0.05) is 44.2 Å². The van der Waals surface area contributed by atoms with Gasteiger partial charge in [0.05, 0.1) is 12.6 Å². The Balaban J connectivity index is 1.69. The van der Waals surface area contributed by atoms with E-state index in [2.05, 4.69) is 24.5 Å². The van der Waals surface area contributed by atoms with Crippen LogP contribution in [0, 0.1) is 5.41 Å². The monoisotopic (exact) mass is 276 g/mol. The number of amides is 1. The first-order valence-electron chi connectivity index (χ1n) is 7.11. The molecule has 0 radical (unpaired) electrons. The summed E-state index contributed by atoms with van der Waals surface area (Å²) in [6.07, 6.45) is 1.25. The molecule has 0 bridgehead atoms. The molecule has 0 saturated heterocycles. The van der Waals surface area contributed by atoms with Gasteiger partial charge in [-0.15, -0.1) is 0 Å². The van der Waals surface area contributed by atoms with Crippen molar-refractivity contribution < 1.29 is 9.53 Å². The van der Waals surface area contributed by atoms with Gasteiger partial charge >= 0.3 is 0 Å². The highest BCUT2D eigenvalue weighted by atomic mass is 16.5. The van der Waals surface area contributed by atoms with Crippen molar-refractivity contribution in [1.29, 1.82) is 0 Å². The fourth-order valence-electron chi connectivity index (χ4n) is 2.71. The molecule has 2 unspecified atom stereocenters. The lowest BCUT2D eigenvalue weighted by Crippen LogP contribution is -2.61. The maximum atomic E-state index is 11.8. The molecule has 2 N–H and O–H groups in total. The number of rotatable bonds is 6. The average molecular weight is 276 g/mol. The molecule has 1 aliphatic rings. The molecule has 2 atom stereocenters. The van der Waals surface area contributed by atoms with Crippen LogP contribution < -0.4 is 10.6 Å². The quantitative estimate of drug-likeness (QED) is 0.831. The molecule has 1 aliphatic carbocycles. The van der Waals surface area contributed by atoms with Gasteiger partial charge in [0.1, 0.15) is 0 Å². The van der Waals surface area contributed by atoms with Crippen molar-refractivity contribution in [3.8, 4) is 0 Å². The number of hydrogen-bond donors (Lipinski definition) is 2. The van der Waals surface area contributed by atoms with Gasteiger partial charge in [-0.2, -0.15) is 0 Å². The van der Waals surface area contributed by atoms with E-state index in [1.54, 1.807) is 7.11 Å². The van der Waals surface area contributed by atoms with Gasteiger partial charge in [0, 0.05) is 25.1 Å². The molecule has 4 nitrogen and oxygen atoms in total. The van der Waals surface area contributed by atoms with E-state index in [9.17, 15) is 4.79 Å². The van der Waals surface area contributed by atoms with Crippen LogP contribution in [0.25, 0.3) is 0 Å². The third kappa shape index (κ3) is 3.38. The molecule has 20 heavy (non-hydrogen) atoms. The molecule has 1 saturated carbocycles. The van der Waals surface area contributed by atoms with Gasteiger partial charge in [0.25, 0.3) is 0 Å². The zero-order valence-electron chi connectivity index (χ0n) is 12.5. The molecule has 1 amide bonds. The molecule has 0 aromatic heterocycles. The molecule has 110 valence electrons. The minimum Gasteiger partial charge on any atom is -0.381 e. The molecule has 1 fully saturated rings. The Morgan fingerprint density at radius 2 is 2.05 bits per heavy atom. The Hall–Kier alpha value is -1.39. The van der Waals surface area contributed by atoms with E-state index < -0.39 is 0 Å². The fourth-order valence-corrected chi connectivity index (χ4v) is 2.71. The Labute approximate surface area is 120 Å². The Morgan fingerprint density at radius 3 is 2.65 bits per heavy atom. The second-order valence-electron chi connectivity index (χ2n) is 5.98.